The van der Waals surface area contributed by atoms with E-state index in [1.165, 1.54) is 0 Å². The van der Waals surface area contributed by atoms with E-state index in [4.69, 9.17) is 0 Å². The van der Waals surface area contributed by atoms with Crippen LogP contribution in [0.5, 0.6) is 0 Å². The molecule has 0 aromatic heterocycles. The van der Waals surface area contributed by atoms with Crippen molar-refractivity contribution in [1.29, 1.82) is 0 Å². The van der Waals surface area contributed by atoms with Crippen molar-refractivity contribution in [3.05, 3.63) is 102 Å². The second-order valence-corrected chi connectivity index (χ2v) is 12.2. The molecule has 1 aliphatic heterocycles. The van der Waals surface area contributed by atoms with E-state index in [0.29, 0.717) is 6.08 Å². The number of nitro groups is 4. The third-order valence-corrected chi connectivity index (χ3v) is 9.76. The number of rotatable bonds is 9. The third kappa shape index (κ3) is 5.37. The molecule has 3 rings (SSSR count). The van der Waals surface area contributed by atoms with Gasteiger partial charge >= 0.3 is 5.66 Å². The quantitative estimate of drug-likeness (QED) is 0.162. The van der Waals surface area contributed by atoms with Crippen LogP contribution in [-0.4, -0.2) is 82.3 Å². The molecule has 2 aromatic rings. The SMILES string of the molecule is C=CC1C(=O)CN(S(=O)(=O)c2ccccc2[N+](=O)[O-])CC([N+](=O)[O-])([N+](=O)[O-])CN1S(=O)(=O)c1ccccc1[N+](=O)[O-]. The zero-order chi connectivity index (χ0) is 30.9. The Morgan fingerprint density at radius 1 is 0.780 bits per heavy atom. The molecular formula is C20H18N6O13S2. The van der Waals surface area contributed by atoms with E-state index in [-0.39, 0.29) is 8.61 Å². The van der Waals surface area contributed by atoms with E-state index in [9.17, 15) is 62.1 Å². The second kappa shape index (κ2) is 11.0. The second-order valence-electron chi connectivity index (χ2n) is 8.42. The molecule has 1 atom stereocenters. The maximum atomic E-state index is 13.6. The van der Waals surface area contributed by atoms with Gasteiger partial charge in [-0.1, -0.05) is 30.3 Å². The Hall–Kier alpha value is -4.73. The van der Waals surface area contributed by atoms with Gasteiger partial charge in [-0.3, -0.25) is 45.3 Å². The van der Waals surface area contributed by atoms with Gasteiger partial charge in [0.05, 0.1) is 16.4 Å². The summed E-state index contributed by atoms with van der Waals surface area (Å²) >= 11 is 0. The summed E-state index contributed by atoms with van der Waals surface area (Å²) in [6.07, 6.45) is 0.612. The number of carbonyl (C=O) groups excluding carboxylic acids is 1. The number of para-hydroxylation sites is 2. The van der Waals surface area contributed by atoms with Crippen LogP contribution in [0, 0.1) is 40.5 Å². The van der Waals surface area contributed by atoms with Gasteiger partial charge in [0.2, 0.25) is 0 Å². The predicted octanol–water partition coefficient (Wildman–Crippen LogP) is 0.572. The number of nitro benzene ring substituents is 2. The van der Waals surface area contributed by atoms with Crippen molar-refractivity contribution in [1.82, 2.24) is 8.61 Å². The lowest BCUT2D eigenvalue weighted by Gasteiger charge is -2.35. The van der Waals surface area contributed by atoms with Crippen LogP contribution in [0.3, 0.4) is 0 Å². The number of ketones is 1. The van der Waals surface area contributed by atoms with Crippen molar-refractivity contribution in [3.8, 4) is 0 Å². The maximum Gasteiger partial charge on any atom is 0.485 e. The summed E-state index contributed by atoms with van der Waals surface area (Å²) in [5.41, 5.74) is -5.72. The first-order valence-corrected chi connectivity index (χ1v) is 13.8. The molecule has 2 aromatic carbocycles. The molecule has 1 aliphatic rings. The monoisotopic (exact) mass is 614 g/mol. The Morgan fingerprint density at radius 3 is 1.63 bits per heavy atom. The first-order valence-electron chi connectivity index (χ1n) is 11.0. The van der Waals surface area contributed by atoms with Crippen LogP contribution >= 0.6 is 0 Å². The molecule has 1 heterocycles. The van der Waals surface area contributed by atoms with Crippen LogP contribution in [0.4, 0.5) is 11.4 Å². The highest BCUT2D eigenvalue weighted by Gasteiger charge is 2.64. The Kier molecular flexibility index (Phi) is 8.29. The van der Waals surface area contributed by atoms with Gasteiger partial charge in [0, 0.05) is 12.1 Å². The molecule has 0 N–H and O–H groups in total. The Morgan fingerprint density at radius 2 is 1.22 bits per heavy atom. The molecular weight excluding hydrogens is 596 g/mol. The van der Waals surface area contributed by atoms with Crippen LogP contribution in [0.15, 0.2) is 71.0 Å². The van der Waals surface area contributed by atoms with Crippen molar-refractivity contribution in [3.63, 3.8) is 0 Å². The molecule has 1 saturated heterocycles. The highest BCUT2D eigenvalue weighted by atomic mass is 32.2. The van der Waals surface area contributed by atoms with Gasteiger partial charge in [0.1, 0.15) is 15.9 Å². The number of nitrogens with zero attached hydrogens (tertiary/aromatic N) is 6. The van der Waals surface area contributed by atoms with E-state index in [2.05, 4.69) is 6.58 Å². The smallest absolute Gasteiger partial charge is 0.296 e. The molecule has 0 saturated carbocycles. The fraction of sp³-hybridized carbons (Fsp3) is 0.250. The van der Waals surface area contributed by atoms with E-state index in [0.717, 1.165) is 48.5 Å². The molecule has 218 valence electrons. The van der Waals surface area contributed by atoms with Crippen LogP contribution in [0.25, 0.3) is 0 Å². The summed E-state index contributed by atoms with van der Waals surface area (Å²) in [7, 11) is -10.5. The zero-order valence-electron chi connectivity index (χ0n) is 20.4. The predicted molar refractivity (Wildman–Crippen MR) is 135 cm³/mol. The molecule has 0 aliphatic carbocycles. The number of sulfonamides is 2. The average Bonchev–Trinajstić information content (AvgIpc) is 2.90. The number of carbonyl (C=O) groups is 1. The lowest BCUT2D eigenvalue weighted by molar-refractivity contribution is -0.794. The minimum absolute atomic E-state index is 0.0192. The van der Waals surface area contributed by atoms with Crippen LogP contribution in [0.2, 0.25) is 0 Å². The van der Waals surface area contributed by atoms with Gasteiger partial charge in [-0.25, -0.2) is 16.8 Å². The molecule has 0 spiro atoms. The number of hydrogen-bond donors (Lipinski definition) is 0. The first-order chi connectivity index (χ1) is 19.0. The zero-order valence-corrected chi connectivity index (χ0v) is 22.0. The highest BCUT2D eigenvalue weighted by molar-refractivity contribution is 7.89. The minimum atomic E-state index is -5.30. The van der Waals surface area contributed by atoms with Gasteiger partial charge in [-0.2, -0.15) is 8.61 Å². The Bertz CT molecular complexity index is 1680. The van der Waals surface area contributed by atoms with E-state index in [1.807, 2.05) is 0 Å². The Balaban J connectivity index is 2.30. The van der Waals surface area contributed by atoms with Crippen molar-refractivity contribution in [2.45, 2.75) is 21.5 Å². The lowest BCUT2D eigenvalue weighted by Crippen LogP contribution is -2.66. The van der Waals surface area contributed by atoms with Gasteiger partial charge in [-0.15, -0.1) is 6.58 Å². The standard InChI is InChI=1S/C20H18N6O13S2/c1-2-14-17(27)11-21(40(36,37)18-9-5-3-7-15(18)23(28)29)12-20(25(32)33,26(34)35)13-22(14)41(38,39)19-10-6-4-8-16(19)24(30)31/h2-10,14H,1,11-13H2. The average molecular weight is 615 g/mol. The summed E-state index contributed by atoms with van der Waals surface area (Å²) < 4.78 is 54.1. The molecule has 41 heavy (non-hydrogen) atoms. The topological polar surface area (TPSA) is 264 Å². The number of hydrogen-bond acceptors (Lipinski definition) is 13. The third-order valence-electron chi connectivity index (χ3n) is 6.04. The molecule has 19 nitrogen and oxygen atoms in total. The van der Waals surface area contributed by atoms with Crippen molar-refractivity contribution in [2.75, 3.05) is 19.6 Å². The van der Waals surface area contributed by atoms with Crippen LogP contribution in [0.1, 0.15) is 0 Å². The fourth-order valence-corrected chi connectivity index (χ4v) is 7.43. The summed E-state index contributed by atoms with van der Waals surface area (Å²) in [4.78, 5) is 53.2. The largest absolute Gasteiger partial charge is 0.485 e. The fourth-order valence-electron chi connectivity index (χ4n) is 4.03. The van der Waals surface area contributed by atoms with Crippen molar-refractivity contribution >= 4 is 37.2 Å². The number of Topliss-reactive ketones (excluding diaryl/α,β-unsaturated/α-hetero) is 1. The summed E-state index contributed by atoms with van der Waals surface area (Å²) in [6.45, 7) is -1.67. The van der Waals surface area contributed by atoms with Crippen LogP contribution in [-0.2, 0) is 24.8 Å². The molecule has 21 heteroatoms. The molecule has 1 unspecified atom stereocenters. The van der Waals surface area contributed by atoms with Crippen molar-refractivity contribution < 1.29 is 41.3 Å². The maximum absolute atomic E-state index is 13.6. The molecule has 0 bridgehead atoms. The van der Waals surface area contributed by atoms with Gasteiger partial charge < -0.3 is 0 Å². The lowest BCUT2D eigenvalue weighted by atomic mass is 10.1. The highest BCUT2D eigenvalue weighted by Crippen LogP contribution is 2.34. The molecule has 0 radical (unpaired) electrons. The summed E-state index contributed by atoms with van der Waals surface area (Å²) in [5, 5.41) is 47.4. The normalized spacial score (nSPS) is 18.5. The van der Waals surface area contributed by atoms with Gasteiger partial charge in [0.25, 0.3) is 31.4 Å². The van der Waals surface area contributed by atoms with Crippen LogP contribution < -0.4 is 0 Å². The molecule has 0 amide bonds. The molecule has 1 fully saturated rings. The minimum Gasteiger partial charge on any atom is -0.296 e. The van der Waals surface area contributed by atoms with E-state index >= 15 is 0 Å². The number of benzene rings is 2. The Labute approximate surface area is 230 Å². The van der Waals surface area contributed by atoms with Gasteiger partial charge in [0.15, 0.2) is 28.7 Å². The summed E-state index contributed by atoms with van der Waals surface area (Å²) in [5.74, 6) is -1.32. The van der Waals surface area contributed by atoms with Gasteiger partial charge in [-0.05, 0) is 12.1 Å². The van der Waals surface area contributed by atoms with Crippen molar-refractivity contribution in [2.24, 2.45) is 0 Å². The summed E-state index contributed by atoms with van der Waals surface area (Å²) in [6, 6.07) is 5.17. The van der Waals surface area contributed by atoms with E-state index < -0.39 is 98.0 Å². The first kappa shape index (κ1) is 30.8. The van der Waals surface area contributed by atoms with E-state index in [1.54, 1.807) is 0 Å².